The Bertz CT molecular complexity index is 783. The van der Waals surface area contributed by atoms with Gasteiger partial charge in [-0.25, -0.2) is 0 Å². The van der Waals surface area contributed by atoms with Gasteiger partial charge in [-0.15, -0.1) is 0 Å². The fourth-order valence-electron chi connectivity index (χ4n) is 3.94. The third-order valence-corrected chi connectivity index (χ3v) is 5.51. The average molecular weight is 350 g/mol. The quantitative estimate of drug-likeness (QED) is 0.853. The van der Waals surface area contributed by atoms with Crippen LogP contribution in [-0.2, 0) is 6.42 Å². The largest absolute Gasteiger partial charge is 0.368 e. The van der Waals surface area contributed by atoms with Crippen molar-refractivity contribution in [1.29, 1.82) is 0 Å². The molecule has 1 aromatic heterocycles. The lowest BCUT2D eigenvalue weighted by Gasteiger charge is -2.35. The van der Waals surface area contributed by atoms with Crippen molar-refractivity contribution in [3.63, 3.8) is 0 Å². The summed E-state index contributed by atoms with van der Waals surface area (Å²) in [4.78, 5) is 24.2. The van der Waals surface area contributed by atoms with Crippen LogP contribution >= 0.6 is 0 Å². The van der Waals surface area contributed by atoms with Crippen LogP contribution in [0.2, 0.25) is 0 Å². The van der Waals surface area contributed by atoms with Gasteiger partial charge in [-0.3, -0.25) is 9.78 Å². The molecule has 0 unspecified atom stereocenters. The number of aromatic nitrogens is 1. The number of aryl methyl sites for hydroxylation is 1. The summed E-state index contributed by atoms with van der Waals surface area (Å²) in [5, 5.41) is 0. The Hall–Kier alpha value is -2.40. The maximum Gasteiger partial charge on any atom is 0.259 e. The van der Waals surface area contributed by atoms with E-state index in [-0.39, 0.29) is 5.91 Å². The molecule has 0 atom stereocenters. The van der Waals surface area contributed by atoms with Crippen molar-refractivity contribution in [2.45, 2.75) is 19.8 Å². The Balaban J connectivity index is 1.55. The molecule has 0 spiro atoms. The molecule has 0 N–H and O–H groups in total. The van der Waals surface area contributed by atoms with Gasteiger partial charge in [-0.05, 0) is 37.1 Å². The minimum absolute atomic E-state index is 0.0543. The predicted molar refractivity (Wildman–Crippen MR) is 105 cm³/mol. The Morgan fingerprint density at radius 2 is 1.88 bits per heavy atom. The monoisotopic (exact) mass is 350 g/mol. The molecule has 3 heterocycles. The number of nitrogens with zero attached hydrogens (tertiary/aromatic N) is 4. The summed E-state index contributed by atoms with van der Waals surface area (Å²) in [7, 11) is 0. The molecule has 0 radical (unpaired) electrons. The Kier molecular flexibility index (Phi) is 4.89. The summed E-state index contributed by atoms with van der Waals surface area (Å²) in [5.41, 5.74) is 4.03. The van der Waals surface area contributed by atoms with Crippen molar-refractivity contribution in [2.75, 3.05) is 49.1 Å². The number of anilines is 2. The topological polar surface area (TPSA) is 39.7 Å². The Labute approximate surface area is 155 Å². The number of carbonyl (C=O) groups excluding carboxylic acids is 1. The Morgan fingerprint density at radius 3 is 2.69 bits per heavy atom. The summed E-state index contributed by atoms with van der Waals surface area (Å²) in [5.74, 6) is 0.0543. The highest BCUT2D eigenvalue weighted by Gasteiger charge is 2.24. The van der Waals surface area contributed by atoms with E-state index in [1.807, 2.05) is 35.4 Å². The number of benzene rings is 1. The number of carbonyl (C=O) groups is 1. The number of rotatable bonds is 3. The van der Waals surface area contributed by atoms with Crippen LogP contribution in [0.4, 0.5) is 11.4 Å². The predicted octanol–water partition coefficient (Wildman–Crippen LogP) is 2.82. The average Bonchev–Trinajstić information content (AvgIpc) is 2.73. The molecule has 4 rings (SSSR count). The van der Waals surface area contributed by atoms with Gasteiger partial charge < -0.3 is 14.7 Å². The first-order valence-corrected chi connectivity index (χ1v) is 9.58. The highest BCUT2D eigenvalue weighted by molar-refractivity contribution is 6.07. The van der Waals surface area contributed by atoms with E-state index < -0.39 is 0 Å². The number of hydrogen-bond donors (Lipinski definition) is 0. The van der Waals surface area contributed by atoms with Gasteiger partial charge in [0.1, 0.15) is 0 Å². The van der Waals surface area contributed by atoms with Crippen molar-refractivity contribution in [1.82, 2.24) is 9.88 Å². The first-order valence-electron chi connectivity index (χ1n) is 9.58. The number of para-hydroxylation sites is 1. The molecule has 1 aromatic carbocycles. The number of hydrogen-bond acceptors (Lipinski definition) is 4. The van der Waals surface area contributed by atoms with E-state index in [2.05, 4.69) is 27.8 Å². The zero-order valence-corrected chi connectivity index (χ0v) is 15.4. The number of amides is 1. The first-order chi connectivity index (χ1) is 12.8. The fourth-order valence-corrected chi connectivity index (χ4v) is 3.94. The van der Waals surface area contributed by atoms with Crippen molar-refractivity contribution in [3.05, 3.63) is 53.9 Å². The van der Waals surface area contributed by atoms with Gasteiger partial charge in [-0.1, -0.05) is 25.1 Å². The normalized spacial score (nSPS) is 17.9. The van der Waals surface area contributed by atoms with Crippen LogP contribution in [0.3, 0.4) is 0 Å². The van der Waals surface area contributed by atoms with E-state index in [4.69, 9.17) is 0 Å². The Morgan fingerprint density at radius 1 is 1.08 bits per heavy atom. The molecule has 1 amide bonds. The van der Waals surface area contributed by atoms with E-state index in [0.29, 0.717) is 5.56 Å². The van der Waals surface area contributed by atoms with Crippen LogP contribution in [-0.4, -0.2) is 55.1 Å². The molecular weight excluding hydrogens is 324 g/mol. The third-order valence-electron chi connectivity index (χ3n) is 5.51. The second-order valence-electron chi connectivity index (χ2n) is 7.04. The summed E-state index contributed by atoms with van der Waals surface area (Å²) < 4.78 is 0. The van der Waals surface area contributed by atoms with Gasteiger partial charge in [0, 0.05) is 44.6 Å². The number of pyridine rings is 1. The molecular formula is C21H26N4O. The van der Waals surface area contributed by atoms with E-state index in [9.17, 15) is 4.79 Å². The summed E-state index contributed by atoms with van der Waals surface area (Å²) in [6.45, 7) is 8.17. The molecule has 5 heteroatoms. The third kappa shape index (κ3) is 3.31. The first kappa shape index (κ1) is 17.0. The lowest BCUT2D eigenvalue weighted by atomic mass is 10.0. The zero-order chi connectivity index (χ0) is 17.9. The van der Waals surface area contributed by atoms with E-state index >= 15 is 0 Å². The van der Waals surface area contributed by atoms with Crippen molar-refractivity contribution >= 4 is 17.3 Å². The minimum Gasteiger partial charge on any atom is -0.368 e. The molecule has 2 aliphatic heterocycles. The second kappa shape index (κ2) is 7.46. The minimum atomic E-state index is 0.0543. The maximum absolute atomic E-state index is 13.2. The van der Waals surface area contributed by atoms with Crippen molar-refractivity contribution in [2.24, 2.45) is 0 Å². The van der Waals surface area contributed by atoms with Gasteiger partial charge in [0.15, 0.2) is 0 Å². The highest BCUT2D eigenvalue weighted by Crippen LogP contribution is 2.28. The molecule has 0 aliphatic carbocycles. The standard InChI is InChI=1S/C21H26N4O/c1-2-23-10-12-24(13-11-23)19-14-18(15-22-16-19)21(26)25-9-5-7-17-6-3-4-8-20(17)25/h3-4,6,8,14-16H,2,5,7,9-13H2,1H3. The maximum atomic E-state index is 13.2. The summed E-state index contributed by atoms with van der Waals surface area (Å²) in [6, 6.07) is 10.2. The second-order valence-corrected chi connectivity index (χ2v) is 7.04. The van der Waals surface area contributed by atoms with Crippen molar-refractivity contribution < 1.29 is 4.79 Å². The van der Waals surface area contributed by atoms with Crippen LogP contribution < -0.4 is 9.80 Å². The molecule has 136 valence electrons. The number of fused-ring (bicyclic) bond motifs is 1. The van der Waals surface area contributed by atoms with Gasteiger partial charge in [0.05, 0.1) is 17.4 Å². The van der Waals surface area contributed by atoms with Gasteiger partial charge in [0.2, 0.25) is 0 Å². The molecule has 0 saturated carbocycles. The summed E-state index contributed by atoms with van der Waals surface area (Å²) in [6.07, 6.45) is 5.63. The van der Waals surface area contributed by atoms with Crippen LogP contribution in [0, 0.1) is 0 Å². The fraction of sp³-hybridized carbons (Fsp3) is 0.429. The van der Waals surface area contributed by atoms with Crippen LogP contribution in [0.15, 0.2) is 42.7 Å². The lowest BCUT2D eigenvalue weighted by molar-refractivity contribution is 0.0985. The van der Waals surface area contributed by atoms with Crippen LogP contribution in [0.25, 0.3) is 0 Å². The summed E-state index contributed by atoms with van der Waals surface area (Å²) >= 11 is 0. The highest BCUT2D eigenvalue weighted by atomic mass is 16.2. The molecule has 0 bridgehead atoms. The van der Waals surface area contributed by atoms with Crippen LogP contribution in [0.1, 0.15) is 29.3 Å². The molecule has 1 fully saturated rings. The zero-order valence-electron chi connectivity index (χ0n) is 15.4. The van der Waals surface area contributed by atoms with Gasteiger partial charge in [0.25, 0.3) is 5.91 Å². The smallest absolute Gasteiger partial charge is 0.259 e. The van der Waals surface area contributed by atoms with Crippen LogP contribution in [0.5, 0.6) is 0 Å². The lowest BCUT2D eigenvalue weighted by Crippen LogP contribution is -2.46. The van der Waals surface area contributed by atoms with E-state index in [1.165, 1.54) is 5.56 Å². The van der Waals surface area contributed by atoms with Gasteiger partial charge >= 0.3 is 0 Å². The molecule has 2 aliphatic rings. The number of piperazine rings is 1. The van der Waals surface area contributed by atoms with E-state index in [1.54, 1.807) is 6.20 Å². The molecule has 5 nitrogen and oxygen atoms in total. The molecule has 1 saturated heterocycles. The number of likely N-dealkylation sites (N-methyl/N-ethyl adjacent to an activating group) is 1. The molecule has 2 aromatic rings. The van der Waals surface area contributed by atoms with E-state index in [0.717, 1.165) is 63.5 Å². The SMILES string of the molecule is CCN1CCN(c2cncc(C(=O)N3CCCc4ccccc43)c2)CC1. The van der Waals surface area contributed by atoms with Crippen molar-refractivity contribution in [3.8, 4) is 0 Å². The molecule has 26 heavy (non-hydrogen) atoms. The van der Waals surface area contributed by atoms with Gasteiger partial charge in [-0.2, -0.15) is 0 Å².